The Bertz CT molecular complexity index is 567. The highest BCUT2D eigenvalue weighted by Gasteiger charge is 2.32. The molecule has 0 spiro atoms. The van der Waals surface area contributed by atoms with Gasteiger partial charge in [-0.25, -0.2) is 13.1 Å². The molecular formula is C14H24N2O3S2. The van der Waals surface area contributed by atoms with Gasteiger partial charge in [-0.05, 0) is 45.4 Å². The van der Waals surface area contributed by atoms with E-state index in [1.165, 1.54) is 11.3 Å². The second-order valence-corrected chi connectivity index (χ2v) is 9.03. The van der Waals surface area contributed by atoms with Crippen molar-refractivity contribution in [3.05, 3.63) is 17.0 Å². The van der Waals surface area contributed by atoms with Crippen molar-refractivity contribution in [3.63, 3.8) is 0 Å². The van der Waals surface area contributed by atoms with Crippen molar-refractivity contribution < 1.29 is 13.2 Å². The molecule has 7 heteroatoms. The fraction of sp³-hybridized carbons (Fsp3) is 0.714. The van der Waals surface area contributed by atoms with Crippen LogP contribution < -0.4 is 10.0 Å². The number of ether oxygens (including phenoxy) is 1. The molecule has 1 aliphatic heterocycles. The van der Waals surface area contributed by atoms with Gasteiger partial charge in [0.1, 0.15) is 4.21 Å². The first-order valence-corrected chi connectivity index (χ1v) is 9.58. The van der Waals surface area contributed by atoms with E-state index in [0.717, 1.165) is 17.8 Å². The first kappa shape index (κ1) is 16.9. The van der Waals surface area contributed by atoms with Gasteiger partial charge in [-0.3, -0.25) is 0 Å². The van der Waals surface area contributed by atoms with Crippen LogP contribution in [0.5, 0.6) is 0 Å². The van der Waals surface area contributed by atoms with Crippen LogP contribution in [0, 0.1) is 0 Å². The van der Waals surface area contributed by atoms with E-state index in [-0.39, 0.29) is 11.6 Å². The van der Waals surface area contributed by atoms with Gasteiger partial charge in [-0.2, -0.15) is 0 Å². The van der Waals surface area contributed by atoms with Gasteiger partial charge in [0.25, 0.3) is 0 Å². The van der Waals surface area contributed by atoms with Crippen LogP contribution in [-0.4, -0.2) is 33.2 Å². The third-order valence-corrected chi connectivity index (χ3v) is 6.57. The molecule has 5 nitrogen and oxygen atoms in total. The van der Waals surface area contributed by atoms with E-state index < -0.39 is 10.0 Å². The van der Waals surface area contributed by atoms with Gasteiger partial charge in [-0.15, -0.1) is 11.3 Å². The molecule has 120 valence electrons. The zero-order valence-electron chi connectivity index (χ0n) is 12.8. The summed E-state index contributed by atoms with van der Waals surface area (Å²) in [6.45, 7) is 8.19. The van der Waals surface area contributed by atoms with E-state index in [4.69, 9.17) is 4.74 Å². The molecule has 0 amide bonds. The second kappa shape index (κ2) is 6.75. The summed E-state index contributed by atoms with van der Waals surface area (Å²) in [6, 6.07) is 3.50. The number of nitrogens with one attached hydrogen (secondary N) is 2. The summed E-state index contributed by atoms with van der Waals surface area (Å²) in [5.41, 5.74) is -0.267. The maximum Gasteiger partial charge on any atom is 0.250 e. The van der Waals surface area contributed by atoms with Crippen LogP contribution in [0.25, 0.3) is 0 Å². The van der Waals surface area contributed by atoms with Crippen molar-refractivity contribution in [1.82, 2.24) is 10.0 Å². The smallest absolute Gasteiger partial charge is 0.250 e. The first-order chi connectivity index (χ1) is 9.82. The van der Waals surface area contributed by atoms with Gasteiger partial charge >= 0.3 is 0 Å². The average Bonchev–Trinajstić information content (AvgIpc) is 2.84. The molecule has 21 heavy (non-hydrogen) atoms. The maximum absolute atomic E-state index is 12.4. The normalized spacial score (nSPS) is 22.3. The fourth-order valence-electron chi connectivity index (χ4n) is 2.46. The SMILES string of the molecule is CCNCc1ccc(S(=O)(=O)NC2CCOC(C)(C)C2)s1. The van der Waals surface area contributed by atoms with Gasteiger partial charge in [0.05, 0.1) is 5.60 Å². The topological polar surface area (TPSA) is 67.4 Å². The standard InChI is InChI=1S/C14H24N2O3S2/c1-4-15-10-12-5-6-13(20-12)21(17,18)16-11-7-8-19-14(2,3)9-11/h5-6,11,15-16H,4,7-10H2,1-3H3. The van der Waals surface area contributed by atoms with E-state index in [1.54, 1.807) is 6.07 Å². The van der Waals surface area contributed by atoms with E-state index in [0.29, 0.717) is 23.8 Å². The minimum atomic E-state index is -3.43. The lowest BCUT2D eigenvalue weighted by molar-refractivity contribution is -0.0599. The first-order valence-electron chi connectivity index (χ1n) is 7.28. The number of hydrogen-bond acceptors (Lipinski definition) is 5. The lowest BCUT2D eigenvalue weighted by atomic mass is 9.95. The van der Waals surface area contributed by atoms with Crippen LogP contribution in [0.1, 0.15) is 38.5 Å². The molecule has 1 aromatic rings. The Balaban J connectivity index is 2.02. The molecule has 1 atom stereocenters. The van der Waals surface area contributed by atoms with Crippen molar-refractivity contribution in [2.24, 2.45) is 0 Å². The predicted octanol–water partition coefficient (Wildman–Crippen LogP) is 2.09. The molecule has 2 rings (SSSR count). The molecule has 0 bridgehead atoms. The maximum atomic E-state index is 12.4. The van der Waals surface area contributed by atoms with Gasteiger partial charge in [0.2, 0.25) is 10.0 Å². The molecule has 2 N–H and O–H groups in total. The summed E-state index contributed by atoms with van der Waals surface area (Å²) in [5.74, 6) is 0. The minimum Gasteiger partial charge on any atom is -0.375 e. The molecule has 0 aliphatic carbocycles. The molecule has 1 saturated heterocycles. The number of thiophene rings is 1. The summed E-state index contributed by atoms with van der Waals surface area (Å²) in [6.07, 6.45) is 1.42. The zero-order chi connectivity index (χ0) is 15.5. The summed E-state index contributed by atoms with van der Waals surface area (Å²) in [7, 11) is -3.43. The van der Waals surface area contributed by atoms with Crippen molar-refractivity contribution >= 4 is 21.4 Å². The monoisotopic (exact) mass is 332 g/mol. The average molecular weight is 332 g/mol. The molecule has 1 aliphatic rings. The Morgan fingerprint density at radius 2 is 2.19 bits per heavy atom. The van der Waals surface area contributed by atoms with E-state index in [1.807, 2.05) is 26.8 Å². The number of hydrogen-bond donors (Lipinski definition) is 2. The molecular weight excluding hydrogens is 308 g/mol. The predicted molar refractivity (Wildman–Crippen MR) is 85.1 cm³/mol. The number of sulfonamides is 1. The fourth-order valence-corrected chi connectivity index (χ4v) is 5.07. The van der Waals surface area contributed by atoms with Crippen molar-refractivity contribution in [2.45, 2.75) is 56.0 Å². The van der Waals surface area contributed by atoms with Crippen LogP contribution in [0.3, 0.4) is 0 Å². The van der Waals surface area contributed by atoms with E-state index in [2.05, 4.69) is 10.0 Å². The van der Waals surface area contributed by atoms with Crippen molar-refractivity contribution in [1.29, 1.82) is 0 Å². The zero-order valence-corrected chi connectivity index (χ0v) is 14.4. The molecule has 1 unspecified atom stereocenters. The third kappa shape index (κ3) is 4.75. The van der Waals surface area contributed by atoms with Crippen molar-refractivity contribution in [2.75, 3.05) is 13.2 Å². The second-order valence-electron chi connectivity index (χ2n) is 5.92. The van der Waals surface area contributed by atoms with Gasteiger partial charge in [0.15, 0.2) is 0 Å². The van der Waals surface area contributed by atoms with Gasteiger partial charge < -0.3 is 10.1 Å². The molecule has 1 fully saturated rings. The lowest BCUT2D eigenvalue weighted by Gasteiger charge is -2.35. The third-order valence-electron chi connectivity index (χ3n) is 3.47. The van der Waals surface area contributed by atoms with Crippen molar-refractivity contribution in [3.8, 4) is 0 Å². The van der Waals surface area contributed by atoms with Gasteiger partial charge in [-0.1, -0.05) is 6.92 Å². The van der Waals surface area contributed by atoms with Crippen LogP contribution >= 0.6 is 11.3 Å². The summed E-state index contributed by atoms with van der Waals surface area (Å²) < 4.78 is 33.7. The molecule has 0 aromatic carbocycles. The number of rotatable bonds is 6. The summed E-state index contributed by atoms with van der Waals surface area (Å²) in [5, 5.41) is 3.20. The highest BCUT2D eigenvalue weighted by molar-refractivity contribution is 7.91. The van der Waals surface area contributed by atoms with Crippen LogP contribution in [0.15, 0.2) is 16.3 Å². The lowest BCUT2D eigenvalue weighted by Crippen LogP contribution is -2.45. The summed E-state index contributed by atoms with van der Waals surface area (Å²) in [4.78, 5) is 1.03. The Morgan fingerprint density at radius 3 is 2.86 bits per heavy atom. The molecule has 2 heterocycles. The Labute approximate surface area is 131 Å². The highest BCUT2D eigenvalue weighted by Crippen LogP contribution is 2.27. The van der Waals surface area contributed by atoms with E-state index in [9.17, 15) is 8.42 Å². The summed E-state index contributed by atoms with van der Waals surface area (Å²) >= 11 is 1.32. The molecule has 0 radical (unpaired) electrons. The Morgan fingerprint density at radius 1 is 1.43 bits per heavy atom. The largest absolute Gasteiger partial charge is 0.375 e. The van der Waals surface area contributed by atoms with Gasteiger partial charge in [0, 0.05) is 24.1 Å². The molecule has 1 aromatic heterocycles. The quantitative estimate of drug-likeness (QED) is 0.837. The van der Waals surface area contributed by atoms with Crippen LogP contribution in [0.2, 0.25) is 0 Å². The van der Waals surface area contributed by atoms with Crippen LogP contribution in [-0.2, 0) is 21.3 Å². The minimum absolute atomic E-state index is 0.0573. The highest BCUT2D eigenvalue weighted by atomic mass is 32.2. The Hall–Kier alpha value is -0.470. The molecule has 0 saturated carbocycles. The van der Waals surface area contributed by atoms with Crippen LogP contribution in [0.4, 0.5) is 0 Å². The van der Waals surface area contributed by atoms with E-state index >= 15 is 0 Å². The Kier molecular flexibility index (Phi) is 5.43.